The molecule has 1 aromatic carbocycles. The lowest BCUT2D eigenvalue weighted by atomic mass is 10.4. The number of hydrogen-bond donors (Lipinski definition) is 0. The van der Waals surface area contributed by atoms with E-state index in [1.54, 1.807) is 18.2 Å². The summed E-state index contributed by atoms with van der Waals surface area (Å²) in [5.41, 5.74) is 0. The third-order valence-corrected chi connectivity index (χ3v) is 4.53. The zero-order valence-electron chi connectivity index (χ0n) is 8.12. The summed E-state index contributed by atoms with van der Waals surface area (Å²) in [6.07, 6.45) is 1.27. The van der Waals surface area contributed by atoms with Crippen molar-refractivity contribution in [3.05, 3.63) is 29.3 Å². The lowest BCUT2D eigenvalue weighted by Crippen LogP contribution is -2.07. The maximum Gasteiger partial charge on any atom is 0.179 e. The van der Waals surface area contributed by atoms with Crippen LogP contribution in [0.2, 0.25) is 5.02 Å². The second-order valence-corrected chi connectivity index (χ2v) is 6.01. The smallest absolute Gasteiger partial charge is 0.179 e. The van der Waals surface area contributed by atoms with Crippen molar-refractivity contribution in [3.63, 3.8) is 0 Å². The van der Waals surface area contributed by atoms with E-state index < -0.39 is 9.84 Å². The molecule has 0 saturated carbocycles. The maximum atomic E-state index is 11.8. The van der Waals surface area contributed by atoms with Crippen molar-refractivity contribution >= 4 is 33.0 Å². The lowest BCUT2D eigenvalue weighted by Gasteiger charge is -2.05. The Balaban J connectivity index is 2.83. The third-order valence-electron chi connectivity index (χ3n) is 1.97. The SMILES string of the molecule is O=S(=O)(CCCCCl)c1ccccc1Cl. The molecule has 0 spiro atoms. The summed E-state index contributed by atoms with van der Waals surface area (Å²) >= 11 is 11.3. The molecule has 84 valence electrons. The van der Waals surface area contributed by atoms with Crippen LogP contribution in [-0.4, -0.2) is 20.1 Å². The molecule has 5 heteroatoms. The molecule has 0 atom stereocenters. The van der Waals surface area contributed by atoms with Crippen LogP contribution < -0.4 is 0 Å². The molecule has 0 fully saturated rings. The summed E-state index contributed by atoms with van der Waals surface area (Å²) in [6, 6.07) is 6.48. The van der Waals surface area contributed by atoms with Crippen LogP contribution in [0, 0.1) is 0 Å². The highest BCUT2D eigenvalue weighted by molar-refractivity contribution is 7.91. The Kier molecular flexibility index (Phi) is 4.90. The van der Waals surface area contributed by atoms with Crippen molar-refractivity contribution in [1.29, 1.82) is 0 Å². The largest absolute Gasteiger partial charge is 0.224 e. The van der Waals surface area contributed by atoms with Gasteiger partial charge in [-0.15, -0.1) is 11.6 Å². The number of unbranched alkanes of at least 4 members (excludes halogenated alkanes) is 1. The van der Waals surface area contributed by atoms with Gasteiger partial charge in [-0.1, -0.05) is 23.7 Å². The van der Waals surface area contributed by atoms with E-state index in [4.69, 9.17) is 23.2 Å². The first kappa shape index (κ1) is 12.8. The van der Waals surface area contributed by atoms with E-state index in [9.17, 15) is 8.42 Å². The van der Waals surface area contributed by atoms with Gasteiger partial charge in [0.2, 0.25) is 0 Å². The minimum Gasteiger partial charge on any atom is -0.224 e. The molecule has 0 unspecified atom stereocenters. The van der Waals surface area contributed by atoms with Gasteiger partial charge in [0.05, 0.1) is 15.7 Å². The molecule has 0 aromatic heterocycles. The minimum atomic E-state index is -3.25. The Morgan fingerprint density at radius 3 is 2.40 bits per heavy atom. The van der Waals surface area contributed by atoms with Crippen LogP contribution in [0.15, 0.2) is 29.2 Å². The summed E-state index contributed by atoms with van der Waals surface area (Å²) in [5, 5.41) is 0.281. The van der Waals surface area contributed by atoms with E-state index in [0.717, 1.165) is 0 Å². The third kappa shape index (κ3) is 3.67. The monoisotopic (exact) mass is 266 g/mol. The van der Waals surface area contributed by atoms with Crippen LogP contribution in [-0.2, 0) is 9.84 Å². The predicted molar refractivity (Wildman–Crippen MR) is 63.5 cm³/mol. The molecule has 0 amide bonds. The molecule has 0 N–H and O–H groups in total. The minimum absolute atomic E-state index is 0.101. The number of benzene rings is 1. The fourth-order valence-electron chi connectivity index (χ4n) is 1.19. The molecule has 1 rings (SSSR count). The van der Waals surface area contributed by atoms with Gasteiger partial charge in [-0.2, -0.15) is 0 Å². The first-order valence-electron chi connectivity index (χ1n) is 4.61. The highest BCUT2D eigenvalue weighted by atomic mass is 35.5. The van der Waals surface area contributed by atoms with Crippen LogP contribution in [0.3, 0.4) is 0 Å². The van der Waals surface area contributed by atoms with E-state index in [-0.39, 0.29) is 15.7 Å². The van der Waals surface area contributed by atoms with Gasteiger partial charge in [-0.25, -0.2) is 8.42 Å². The molecule has 0 saturated heterocycles. The fraction of sp³-hybridized carbons (Fsp3) is 0.400. The average Bonchev–Trinajstić information content (AvgIpc) is 2.18. The summed E-state index contributed by atoms with van der Waals surface area (Å²) in [6.45, 7) is 0. The summed E-state index contributed by atoms with van der Waals surface area (Å²) in [7, 11) is -3.25. The number of sulfone groups is 1. The molecule has 0 radical (unpaired) electrons. The summed E-state index contributed by atoms with van der Waals surface area (Å²) < 4.78 is 23.6. The topological polar surface area (TPSA) is 34.1 Å². The normalized spacial score (nSPS) is 11.6. The molecule has 0 heterocycles. The molecular formula is C10H12Cl2O2S. The van der Waals surface area contributed by atoms with Gasteiger partial charge in [-0.05, 0) is 25.0 Å². The van der Waals surface area contributed by atoms with Gasteiger partial charge in [0.15, 0.2) is 9.84 Å². The fourth-order valence-corrected chi connectivity index (χ4v) is 3.33. The van der Waals surface area contributed by atoms with Gasteiger partial charge < -0.3 is 0 Å². The van der Waals surface area contributed by atoms with Crippen LogP contribution in [0.25, 0.3) is 0 Å². The average molecular weight is 267 g/mol. The molecule has 2 nitrogen and oxygen atoms in total. The molecule has 0 aliphatic heterocycles. The number of rotatable bonds is 5. The molecule has 0 aliphatic rings. The second-order valence-electron chi connectivity index (χ2n) is 3.15. The van der Waals surface area contributed by atoms with E-state index in [0.29, 0.717) is 18.7 Å². The predicted octanol–water partition coefficient (Wildman–Crippen LogP) is 3.13. The van der Waals surface area contributed by atoms with Crippen molar-refractivity contribution in [1.82, 2.24) is 0 Å². The zero-order valence-corrected chi connectivity index (χ0v) is 10.4. The molecule has 0 bridgehead atoms. The van der Waals surface area contributed by atoms with E-state index in [1.807, 2.05) is 0 Å². The Labute approximate surface area is 100 Å². The van der Waals surface area contributed by atoms with Gasteiger partial charge in [0.25, 0.3) is 0 Å². The molecule has 1 aromatic rings. The summed E-state index contributed by atoms with van der Waals surface area (Å²) in [5.74, 6) is 0.585. The summed E-state index contributed by atoms with van der Waals surface area (Å²) in [4.78, 5) is 0.209. The van der Waals surface area contributed by atoms with Gasteiger partial charge in [-0.3, -0.25) is 0 Å². The van der Waals surface area contributed by atoms with Crippen molar-refractivity contribution < 1.29 is 8.42 Å². The highest BCUT2D eigenvalue weighted by Gasteiger charge is 2.16. The van der Waals surface area contributed by atoms with Crippen molar-refractivity contribution in [2.75, 3.05) is 11.6 Å². The number of halogens is 2. The van der Waals surface area contributed by atoms with Crippen LogP contribution >= 0.6 is 23.2 Å². The van der Waals surface area contributed by atoms with Crippen LogP contribution in [0.1, 0.15) is 12.8 Å². The first-order chi connectivity index (χ1) is 7.08. The van der Waals surface area contributed by atoms with Crippen molar-refractivity contribution in [3.8, 4) is 0 Å². The standard InChI is InChI=1S/C10H12Cl2O2S/c11-7-3-4-8-15(13,14)10-6-2-1-5-9(10)12/h1-2,5-6H,3-4,7-8H2. The van der Waals surface area contributed by atoms with Crippen LogP contribution in [0.5, 0.6) is 0 Å². The second kappa shape index (κ2) is 5.73. The van der Waals surface area contributed by atoms with E-state index >= 15 is 0 Å². The Hall–Kier alpha value is -0.250. The molecule has 0 aliphatic carbocycles. The zero-order chi connectivity index (χ0) is 11.3. The van der Waals surface area contributed by atoms with Gasteiger partial charge in [0, 0.05) is 5.88 Å². The molecule has 15 heavy (non-hydrogen) atoms. The van der Waals surface area contributed by atoms with Gasteiger partial charge in [0.1, 0.15) is 0 Å². The highest BCUT2D eigenvalue weighted by Crippen LogP contribution is 2.22. The number of alkyl halides is 1. The first-order valence-corrected chi connectivity index (χ1v) is 7.17. The van der Waals surface area contributed by atoms with Gasteiger partial charge >= 0.3 is 0 Å². The quantitative estimate of drug-likeness (QED) is 0.606. The molecular weight excluding hydrogens is 255 g/mol. The van der Waals surface area contributed by atoms with E-state index in [1.165, 1.54) is 6.07 Å². The number of hydrogen-bond acceptors (Lipinski definition) is 2. The maximum absolute atomic E-state index is 11.8. The van der Waals surface area contributed by atoms with Crippen LogP contribution in [0.4, 0.5) is 0 Å². The van der Waals surface area contributed by atoms with Crippen molar-refractivity contribution in [2.24, 2.45) is 0 Å². The van der Waals surface area contributed by atoms with E-state index in [2.05, 4.69) is 0 Å². The van der Waals surface area contributed by atoms with Crippen molar-refractivity contribution in [2.45, 2.75) is 17.7 Å². The Morgan fingerprint density at radius 2 is 1.80 bits per heavy atom. The Bertz CT molecular complexity index is 415. The lowest BCUT2D eigenvalue weighted by molar-refractivity contribution is 0.593. The Morgan fingerprint density at radius 1 is 1.13 bits per heavy atom.